The molecule has 0 aliphatic carbocycles. The number of carbonyl (C=O) groups is 1. The molecular formula is C9H18O2S. The predicted octanol–water partition coefficient (Wildman–Crippen LogP) is 2.33. The summed E-state index contributed by atoms with van der Waals surface area (Å²) in [5.74, 6) is 1.98. The Kier molecular flexibility index (Phi) is 7.36. The van der Waals surface area contributed by atoms with Crippen LogP contribution in [0.2, 0.25) is 0 Å². The molecule has 1 unspecified atom stereocenters. The van der Waals surface area contributed by atoms with Gasteiger partial charge in [-0.15, -0.1) is 0 Å². The first-order valence-corrected chi connectivity index (χ1v) is 5.62. The van der Waals surface area contributed by atoms with Gasteiger partial charge in [0.25, 0.3) is 0 Å². The van der Waals surface area contributed by atoms with Gasteiger partial charge >= 0.3 is 5.97 Å². The number of ether oxygens (including phenoxy) is 1. The molecule has 0 aliphatic heterocycles. The van der Waals surface area contributed by atoms with Crippen molar-refractivity contribution in [2.24, 2.45) is 5.92 Å². The lowest BCUT2D eigenvalue weighted by molar-refractivity contribution is -0.146. The van der Waals surface area contributed by atoms with Crippen LogP contribution in [-0.2, 0) is 9.53 Å². The van der Waals surface area contributed by atoms with E-state index in [-0.39, 0.29) is 11.9 Å². The smallest absolute Gasteiger partial charge is 0.309 e. The van der Waals surface area contributed by atoms with Crippen molar-refractivity contribution >= 4 is 17.7 Å². The van der Waals surface area contributed by atoms with Crippen LogP contribution in [0, 0.1) is 5.92 Å². The van der Waals surface area contributed by atoms with E-state index in [4.69, 9.17) is 4.74 Å². The zero-order valence-corrected chi connectivity index (χ0v) is 8.95. The molecule has 0 aromatic heterocycles. The van der Waals surface area contributed by atoms with E-state index in [0.29, 0.717) is 6.61 Å². The van der Waals surface area contributed by atoms with E-state index in [9.17, 15) is 4.79 Å². The minimum atomic E-state index is -0.0684. The van der Waals surface area contributed by atoms with Crippen LogP contribution in [0.25, 0.3) is 0 Å². The number of thioether (sulfide) groups is 1. The topological polar surface area (TPSA) is 26.3 Å². The normalized spacial score (nSPS) is 12.6. The van der Waals surface area contributed by atoms with Crippen LogP contribution in [0.1, 0.15) is 27.2 Å². The molecule has 0 radical (unpaired) electrons. The van der Waals surface area contributed by atoms with Crippen LogP contribution in [0.3, 0.4) is 0 Å². The maximum Gasteiger partial charge on any atom is 0.309 e. The van der Waals surface area contributed by atoms with Crippen molar-refractivity contribution in [2.75, 3.05) is 18.1 Å². The zero-order chi connectivity index (χ0) is 9.40. The molecule has 0 aliphatic rings. The molecule has 0 bridgehead atoms. The SMILES string of the molecule is CCCSCC(C)C(=O)OCC. The van der Waals surface area contributed by atoms with Crippen LogP contribution in [0.4, 0.5) is 0 Å². The van der Waals surface area contributed by atoms with Crippen molar-refractivity contribution < 1.29 is 9.53 Å². The minimum Gasteiger partial charge on any atom is -0.466 e. The van der Waals surface area contributed by atoms with E-state index in [1.807, 2.05) is 25.6 Å². The average molecular weight is 190 g/mol. The quantitative estimate of drug-likeness (QED) is 0.475. The highest BCUT2D eigenvalue weighted by Crippen LogP contribution is 2.10. The van der Waals surface area contributed by atoms with Crippen LogP contribution >= 0.6 is 11.8 Å². The zero-order valence-electron chi connectivity index (χ0n) is 8.13. The lowest BCUT2D eigenvalue weighted by atomic mass is 10.2. The summed E-state index contributed by atoms with van der Waals surface area (Å²) < 4.78 is 4.88. The van der Waals surface area contributed by atoms with E-state index in [1.165, 1.54) is 6.42 Å². The molecule has 0 amide bonds. The summed E-state index contributed by atoms with van der Waals surface area (Å²) in [5, 5.41) is 0. The van der Waals surface area contributed by atoms with Crippen LogP contribution in [0.5, 0.6) is 0 Å². The molecule has 0 rings (SSSR count). The molecule has 0 aromatic rings. The monoisotopic (exact) mass is 190 g/mol. The number of hydrogen-bond acceptors (Lipinski definition) is 3. The van der Waals surface area contributed by atoms with Crippen molar-refractivity contribution in [1.29, 1.82) is 0 Å². The maximum atomic E-state index is 11.1. The molecule has 0 saturated carbocycles. The Bertz CT molecular complexity index is 126. The Morgan fingerprint density at radius 3 is 2.67 bits per heavy atom. The number of rotatable bonds is 6. The molecule has 1 atom stereocenters. The summed E-state index contributed by atoms with van der Waals surface area (Å²) in [4.78, 5) is 11.1. The number of hydrogen-bond donors (Lipinski definition) is 0. The lowest BCUT2D eigenvalue weighted by Crippen LogP contribution is -2.16. The van der Waals surface area contributed by atoms with Gasteiger partial charge in [0.1, 0.15) is 0 Å². The largest absolute Gasteiger partial charge is 0.466 e. The summed E-state index contributed by atoms with van der Waals surface area (Å²) in [6.07, 6.45) is 1.17. The van der Waals surface area contributed by atoms with Gasteiger partial charge in [0.2, 0.25) is 0 Å². The van der Waals surface area contributed by atoms with Gasteiger partial charge in [-0.05, 0) is 19.1 Å². The van der Waals surface area contributed by atoms with Crippen LogP contribution in [0.15, 0.2) is 0 Å². The third-order valence-electron chi connectivity index (χ3n) is 1.41. The fraction of sp³-hybridized carbons (Fsp3) is 0.889. The second kappa shape index (κ2) is 7.47. The van der Waals surface area contributed by atoms with Gasteiger partial charge in [0.05, 0.1) is 12.5 Å². The molecule has 0 aromatic carbocycles. The van der Waals surface area contributed by atoms with Crippen molar-refractivity contribution in [3.05, 3.63) is 0 Å². The van der Waals surface area contributed by atoms with Crippen molar-refractivity contribution in [1.82, 2.24) is 0 Å². The predicted molar refractivity (Wildman–Crippen MR) is 53.4 cm³/mol. The first kappa shape index (κ1) is 11.8. The molecular weight excluding hydrogens is 172 g/mol. The summed E-state index contributed by atoms with van der Waals surface area (Å²) in [6, 6.07) is 0. The van der Waals surface area contributed by atoms with E-state index in [0.717, 1.165) is 11.5 Å². The Balaban J connectivity index is 3.42. The van der Waals surface area contributed by atoms with Crippen molar-refractivity contribution in [3.63, 3.8) is 0 Å². The second-order valence-corrected chi connectivity index (χ2v) is 3.88. The Morgan fingerprint density at radius 2 is 2.17 bits per heavy atom. The van der Waals surface area contributed by atoms with E-state index < -0.39 is 0 Å². The molecule has 2 nitrogen and oxygen atoms in total. The van der Waals surface area contributed by atoms with Crippen LogP contribution < -0.4 is 0 Å². The Labute approximate surface area is 79.1 Å². The molecule has 12 heavy (non-hydrogen) atoms. The first-order valence-electron chi connectivity index (χ1n) is 4.46. The molecule has 3 heteroatoms. The van der Waals surface area contributed by atoms with E-state index in [1.54, 1.807) is 0 Å². The van der Waals surface area contributed by atoms with Gasteiger partial charge < -0.3 is 4.74 Å². The van der Waals surface area contributed by atoms with Gasteiger partial charge in [-0.1, -0.05) is 13.8 Å². The highest BCUT2D eigenvalue weighted by atomic mass is 32.2. The second-order valence-electron chi connectivity index (χ2n) is 2.73. The highest BCUT2D eigenvalue weighted by Gasteiger charge is 2.12. The average Bonchev–Trinajstić information content (AvgIpc) is 2.05. The molecule has 0 spiro atoms. The number of esters is 1. The molecule has 0 fully saturated rings. The standard InChI is InChI=1S/C9H18O2S/c1-4-6-12-7-8(3)9(10)11-5-2/h8H,4-7H2,1-3H3. The van der Waals surface area contributed by atoms with Gasteiger partial charge in [0, 0.05) is 5.75 Å². The maximum absolute atomic E-state index is 11.1. The minimum absolute atomic E-state index is 0.0431. The number of carbonyl (C=O) groups excluding carboxylic acids is 1. The third kappa shape index (κ3) is 5.47. The van der Waals surface area contributed by atoms with Crippen molar-refractivity contribution in [2.45, 2.75) is 27.2 Å². The van der Waals surface area contributed by atoms with Crippen molar-refractivity contribution in [3.8, 4) is 0 Å². The fourth-order valence-corrected chi connectivity index (χ4v) is 1.70. The summed E-state index contributed by atoms with van der Waals surface area (Å²) in [5.41, 5.74) is 0. The van der Waals surface area contributed by atoms with E-state index >= 15 is 0 Å². The van der Waals surface area contributed by atoms with Crippen LogP contribution in [-0.4, -0.2) is 24.1 Å². The molecule has 72 valence electrons. The Hall–Kier alpha value is -0.180. The van der Waals surface area contributed by atoms with Gasteiger partial charge in [-0.3, -0.25) is 4.79 Å². The fourth-order valence-electron chi connectivity index (χ4n) is 0.757. The first-order chi connectivity index (χ1) is 5.72. The van der Waals surface area contributed by atoms with Gasteiger partial charge in [0.15, 0.2) is 0 Å². The van der Waals surface area contributed by atoms with Gasteiger partial charge in [-0.2, -0.15) is 11.8 Å². The third-order valence-corrected chi connectivity index (χ3v) is 2.84. The lowest BCUT2D eigenvalue weighted by Gasteiger charge is -2.08. The molecule has 0 saturated heterocycles. The Morgan fingerprint density at radius 1 is 1.50 bits per heavy atom. The van der Waals surface area contributed by atoms with Gasteiger partial charge in [-0.25, -0.2) is 0 Å². The summed E-state index contributed by atoms with van der Waals surface area (Å²) in [7, 11) is 0. The molecule has 0 N–H and O–H groups in total. The van der Waals surface area contributed by atoms with E-state index in [2.05, 4.69) is 6.92 Å². The highest BCUT2D eigenvalue weighted by molar-refractivity contribution is 7.99. The molecule has 0 heterocycles. The summed E-state index contributed by atoms with van der Waals surface area (Å²) >= 11 is 1.81. The summed E-state index contributed by atoms with van der Waals surface area (Å²) in [6.45, 7) is 6.38.